The number of carbonyl (C=O) groups excluding carboxylic acids is 1. The molecule has 0 spiro atoms. The standard InChI is InChI=1S/C14H19F2N3O/c1-8(2)19-12(3-4-18-19)13(20)17-7-9-5-10-11(6-9)14(10,15)16/h3-4,8-11H,5-7H2,1-2H3,(H,17,20). The maximum atomic E-state index is 13.1. The van der Waals surface area contributed by atoms with Crippen LogP contribution in [0.3, 0.4) is 0 Å². The molecule has 1 heterocycles. The summed E-state index contributed by atoms with van der Waals surface area (Å²) in [5.74, 6) is -3.31. The van der Waals surface area contributed by atoms with Crippen LogP contribution in [0.2, 0.25) is 0 Å². The second-order valence-electron chi connectivity index (χ2n) is 6.19. The molecule has 4 nitrogen and oxygen atoms in total. The summed E-state index contributed by atoms with van der Waals surface area (Å²) in [5, 5.41) is 6.96. The van der Waals surface area contributed by atoms with Gasteiger partial charge in [-0.2, -0.15) is 5.10 Å². The van der Waals surface area contributed by atoms with E-state index in [1.807, 2.05) is 13.8 Å². The van der Waals surface area contributed by atoms with Crippen molar-refractivity contribution in [3.63, 3.8) is 0 Å². The molecule has 0 aliphatic heterocycles. The molecule has 0 bridgehead atoms. The smallest absolute Gasteiger partial charge is 0.269 e. The average molecular weight is 283 g/mol. The summed E-state index contributed by atoms with van der Waals surface area (Å²) < 4.78 is 27.8. The third-order valence-corrected chi connectivity index (χ3v) is 4.48. The van der Waals surface area contributed by atoms with E-state index >= 15 is 0 Å². The number of aromatic nitrogens is 2. The minimum Gasteiger partial charge on any atom is -0.350 e. The Morgan fingerprint density at radius 3 is 2.75 bits per heavy atom. The van der Waals surface area contributed by atoms with Crippen molar-refractivity contribution in [3.8, 4) is 0 Å². The highest BCUT2D eigenvalue weighted by Crippen LogP contribution is 2.65. The van der Waals surface area contributed by atoms with E-state index in [1.54, 1.807) is 16.9 Å². The van der Waals surface area contributed by atoms with Crippen LogP contribution in [0.25, 0.3) is 0 Å². The van der Waals surface area contributed by atoms with Gasteiger partial charge in [-0.3, -0.25) is 9.48 Å². The number of halogens is 2. The Kier molecular flexibility index (Phi) is 3.06. The van der Waals surface area contributed by atoms with E-state index in [9.17, 15) is 13.6 Å². The predicted octanol–water partition coefficient (Wildman–Crippen LogP) is 2.49. The minimum absolute atomic E-state index is 0.114. The number of hydrogen-bond donors (Lipinski definition) is 1. The Balaban J connectivity index is 1.52. The highest BCUT2D eigenvalue weighted by atomic mass is 19.3. The Labute approximate surface area is 116 Å². The van der Waals surface area contributed by atoms with Crippen molar-refractivity contribution in [1.82, 2.24) is 15.1 Å². The lowest BCUT2D eigenvalue weighted by Crippen LogP contribution is -2.31. The SMILES string of the molecule is CC(C)n1nccc1C(=O)NCC1CC2C(C1)C2(F)F. The van der Waals surface area contributed by atoms with Crippen molar-refractivity contribution >= 4 is 5.91 Å². The fourth-order valence-corrected chi connectivity index (χ4v) is 3.32. The number of rotatable bonds is 4. The van der Waals surface area contributed by atoms with Gasteiger partial charge in [0.1, 0.15) is 5.69 Å². The maximum Gasteiger partial charge on any atom is 0.269 e. The molecule has 6 heteroatoms. The van der Waals surface area contributed by atoms with Crippen molar-refractivity contribution < 1.29 is 13.6 Å². The van der Waals surface area contributed by atoms with Crippen molar-refractivity contribution in [3.05, 3.63) is 18.0 Å². The number of nitrogens with one attached hydrogen (secondary N) is 1. The molecule has 2 aliphatic rings. The van der Waals surface area contributed by atoms with Crippen LogP contribution >= 0.6 is 0 Å². The van der Waals surface area contributed by atoms with Crippen molar-refractivity contribution in [2.45, 2.75) is 38.7 Å². The fourth-order valence-electron chi connectivity index (χ4n) is 3.32. The van der Waals surface area contributed by atoms with E-state index in [2.05, 4.69) is 10.4 Å². The van der Waals surface area contributed by atoms with Gasteiger partial charge in [-0.05, 0) is 38.7 Å². The molecule has 2 saturated carbocycles. The van der Waals surface area contributed by atoms with Gasteiger partial charge < -0.3 is 5.32 Å². The fraction of sp³-hybridized carbons (Fsp3) is 0.714. The third kappa shape index (κ3) is 2.11. The van der Waals surface area contributed by atoms with Gasteiger partial charge in [-0.25, -0.2) is 8.78 Å². The number of carbonyl (C=O) groups is 1. The molecule has 0 radical (unpaired) electrons. The molecule has 1 N–H and O–H groups in total. The molecule has 0 aromatic carbocycles. The molecule has 2 aliphatic carbocycles. The average Bonchev–Trinajstić information content (AvgIpc) is 2.90. The van der Waals surface area contributed by atoms with Crippen LogP contribution in [-0.4, -0.2) is 28.2 Å². The zero-order chi connectivity index (χ0) is 14.5. The van der Waals surface area contributed by atoms with Gasteiger partial charge in [0, 0.05) is 30.6 Å². The Morgan fingerprint density at radius 2 is 2.15 bits per heavy atom. The van der Waals surface area contributed by atoms with Gasteiger partial charge in [0.2, 0.25) is 0 Å². The van der Waals surface area contributed by atoms with Crippen LogP contribution in [-0.2, 0) is 0 Å². The molecule has 2 atom stereocenters. The monoisotopic (exact) mass is 283 g/mol. The van der Waals surface area contributed by atoms with Gasteiger partial charge in [0.25, 0.3) is 11.8 Å². The molecule has 2 unspecified atom stereocenters. The van der Waals surface area contributed by atoms with E-state index in [0.717, 1.165) is 0 Å². The quantitative estimate of drug-likeness (QED) is 0.922. The predicted molar refractivity (Wildman–Crippen MR) is 69.6 cm³/mol. The first-order valence-electron chi connectivity index (χ1n) is 7.10. The summed E-state index contributed by atoms with van der Waals surface area (Å²) in [6.07, 6.45) is 2.66. The Morgan fingerprint density at radius 1 is 1.50 bits per heavy atom. The normalized spacial score (nSPS) is 30.4. The molecule has 20 heavy (non-hydrogen) atoms. The first-order valence-corrected chi connectivity index (χ1v) is 7.10. The summed E-state index contributed by atoms with van der Waals surface area (Å²) in [6.45, 7) is 4.39. The van der Waals surface area contributed by atoms with Crippen molar-refractivity contribution in [1.29, 1.82) is 0 Å². The first-order chi connectivity index (χ1) is 9.41. The van der Waals surface area contributed by atoms with Crippen LogP contribution in [0.5, 0.6) is 0 Å². The largest absolute Gasteiger partial charge is 0.350 e. The molecule has 1 aromatic heterocycles. The minimum atomic E-state index is -2.43. The van der Waals surface area contributed by atoms with E-state index in [-0.39, 0.29) is 17.9 Å². The van der Waals surface area contributed by atoms with E-state index in [1.165, 1.54) is 0 Å². The van der Waals surface area contributed by atoms with Gasteiger partial charge >= 0.3 is 0 Å². The van der Waals surface area contributed by atoms with Crippen LogP contribution in [0.15, 0.2) is 12.3 Å². The van der Waals surface area contributed by atoms with Gasteiger partial charge in [-0.1, -0.05) is 0 Å². The Hall–Kier alpha value is -1.46. The zero-order valence-electron chi connectivity index (χ0n) is 11.6. The van der Waals surface area contributed by atoms with E-state index in [4.69, 9.17) is 0 Å². The summed E-state index contributed by atoms with van der Waals surface area (Å²) >= 11 is 0. The van der Waals surface area contributed by atoms with Gasteiger partial charge in [0.15, 0.2) is 0 Å². The summed E-state index contributed by atoms with van der Waals surface area (Å²) in [6, 6.07) is 1.79. The highest BCUT2D eigenvalue weighted by molar-refractivity contribution is 5.92. The van der Waals surface area contributed by atoms with Crippen molar-refractivity contribution in [2.75, 3.05) is 6.54 Å². The lowest BCUT2D eigenvalue weighted by atomic mass is 10.0. The van der Waals surface area contributed by atoms with Crippen LogP contribution in [0.1, 0.15) is 43.2 Å². The van der Waals surface area contributed by atoms with E-state index in [0.29, 0.717) is 25.1 Å². The topological polar surface area (TPSA) is 46.9 Å². The number of hydrogen-bond acceptors (Lipinski definition) is 2. The van der Waals surface area contributed by atoms with Crippen molar-refractivity contribution in [2.24, 2.45) is 17.8 Å². The molecule has 2 fully saturated rings. The summed E-state index contributed by atoms with van der Waals surface area (Å²) in [5.41, 5.74) is 0.522. The number of alkyl halides is 2. The highest BCUT2D eigenvalue weighted by Gasteiger charge is 2.71. The molecule has 1 amide bonds. The third-order valence-electron chi connectivity index (χ3n) is 4.48. The van der Waals surface area contributed by atoms with Crippen LogP contribution in [0, 0.1) is 17.8 Å². The summed E-state index contributed by atoms with van der Waals surface area (Å²) in [7, 11) is 0. The molecule has 0 saturated heterocycles. The molecule has 3 rings (SSSR count). The number of fused-ring (bicyclic) bond motifs is 1. The van der Waals surface area contributed by atoms with Crippen LogP contribution in [0.4, 0.5) is 8.78 Å². The number of nitrogens with zero attached hydrogens (tertiary/aromatic N) is 2. The molecule has 1 aromatic rings. The Bertz CT molecular complexity index is 512. The lowest BCUT2D eigenvalue weighted by molar-refractivity contribution is 0.0634. The second-order valence-corrected chi connectivity index (χ2v) is 6.19. The summed E-state index contributed by atoms with van der Waals surface area (Å²) in [4.78, 5) is 12.1. The van der Waals surface area contributed by atoms with E-state index < -0.39 is 17.8 Å². The first kappa shape index (κ1) is 13.5. The molecular formula is C14H19F2N3O. The van der Waals surface area contributed by atoms with Crippen LogP contribution < -0.4 is 5.32 Å². The second kappa shape index (κ2) is 4.53. The van der Waals surface area contributed by atoms with Gasteiger partial charge in [-0.15, -0.1) is 0 Å². The number of amides is 1. The lowest BCUT2D eigenvalue weighted by Gasteiger charge is -2.16. The zero-order valence-corrected chi connectivity index (χ0v) is 11.6. The van der Waals surface area contributed by atoms with Gasteiger partial charge in [0.05, 0.1) is 0 Å². The molecular weight excluding hydrogens is 264 g/mol. The molecule has 110 valence electrons. The maximum absolute atomic E-state index is 13.1.